The normalized spacial score (nSPS) is 25.4. The molecule has 2 aromatic rings. The standard InChI is InChI=1S/C20H16N2O7/c1-26-18(24)13-15(11-5-3-7-28-11)20(9-21,10-22)16(12-6-4-8-29-12)14(17(13)23)19(25)27-2/h3-8,13-16H,1-2H3/t13-,14-,15-,16-/m1/s1. The number of furan rings is 2. The smallest absolute Gasteiger partial charge is 0.317 e. The monoisotopic (exact) mass is 396 g/mol. The third-order valence-electron chi connectivity index (χ3n) is 5.24. The quantitative estimate of drug-likeness (QED) is 0.559. The van der Waals surface area contributed by atoms with Crippen molar-refractivity contribution in [2.45, 2.75) is 11.8 Å². The number of ether oxygens (including phenoxy) is 2. The van der Waals surface area contributed by atoms with Crippen LogP contribution in [0.1, 0.15) is 23.4 Å². The molecule has 2 heterocycles. The van der Waals surface area contributed by atoms with Crippen molar-refractivity contribution >= 4 is 17.7 Å². The minimum Gasteiger partial charge on any atom is -0.469 e. The summed E-state index contributed by atoms with van der Waals surface area (Å²) in [5.41, 5.74) is -2.07. The van der Waals surface area contributed by atoms with Crippen LogP contribution in [-0.4, -0.2) is 31.9 Å². The van der Waals surface area contributed by atoms with Crippen molar-refractivity contribution in [1.82, 2.24) is 0 Å². The summed E-state index contributed by atoms with van der Waals surface area (Å²) in [7, 11) is 2.14. The van der Waals surface area contributed by atoms with E-state index in [0.717, 1.165) is 14.2 Å². The molecule has 1 fully saturated rings. The molecule has 0 amide bonds. The average molecular weight is 396 g/mol. The molecule has 0 bridgehead atoms. The van der Waals surface area contributed by atoms with Crippen LogP contribution in [0.25, 0.3) is 0 Å². The summed E-state index contributed by atoms with van der Waals surface area (Å²) >= 11 is 0. The lowest BCUT2D eigenvalue weighted by atomic mass is 9.52. The fraction of sp³-hybridized carbons (Fsp3) is 0.350. The van der Waals surface area contributed by atoms with Gasteiger partial charge in [-0.2, -0.15) is 10.5 Å². The van der Waals surface area contributed by atoms with Gasteiger partial charge >= 0.3 is 11.9 Å². The van der Waals surface area contributed by atoms with Crippen LogP contribution in [0.5, 0.6) is 0 Å². The topological polar surface area (TPSA) is 144 Å². The predicted octanol–water partition coefficient (Wildman–Crippen LogP) is 1.93. The third-order valence-corrected chi connectivity index (χ3v) is 5.24. The van der Waals surface area contributed by atoms with Crippen LogP contribution in [-0.2, 0) is 23.9 Å². The Labute approximate surface area is 165 Å². The second kappa shape index (κ2) is 7.64. The van der Waals surface area contributed by atoms with E-state index in [1.807, 2.05) is 12.1 Å². The molecule has 0 aromatic carbocycles. The first kappa shape index (κ1) is 19.9. The fourth-order valence-corrected chi connectivity index (χ4v) is 4.02. The molecular weight excluding hydrogens is 380 g/mol. The minimum atomic E-state index is -2.07. The van der Waals surface area contributed by atoms with E-state index in [2.05, 4.69) is 0 Å². The number of ketones is 1. The van der Waals surface area contributed by atoms with Gasteiger partial charge in [-0.3, -0.25) is 14.4 Å². The maximum atomic E-state index is 13.4. The van der Waals surface area contributed by atoms with E-state index >= 15 is 0 Å². The second-order valence-corrected chi connectivity index (χ2v) is 6.48. The van der Waals surface area contributed by atoms with Crippen LogP contribution in [0.4, 0.5) is 0 Å². The molecule has 0 N–H and O–H groups in total. The Morgan fingerprint density at radius 3 is 1.62 bits per heavy atom. The molecule has 1 aliphatic rings. The van der Waals surface area contributed by atoms with Gasteiger partial charge in [-0.05, 0) is 24.3 Å². The predicted molar refractivity (Wildman–Crippen MR) is 92.6 cm³/mol. The van der Waals surface area contributed by atoms with E-state index < -0.39 is 46.8 Å². The zero-order chi connectivity index (χ0) is 21.2. The lowest BCUT2D eigenvalue weighted by molar-refractivity contribution is -0.163. The number of hydrogen-bond donors (Lipinski definition) is 0. The minimum absolute atomic E-state index is 0.0664. The molecule has 2 aromatic heterocycles. The Hall–Kier alpha value is -3.85. The Bertz CT molecular complexity index is 915. The van der Waals surface area contributed by atoms with Gasteiger partial charge in [0, 0.05) is 0 Å². The highest BCUT2D eigenvalue weighted by molar-refractivity contribution is 6.11. The van der Waals surface area contributed by atoms with Crippen LogP contribution in [0.15, 0.2) is 45.6 Å². The van der Waals surface area contributed by atoms with E-state index in [-0.39, 0.29) is 11.5 Å². The second-order valence-electron chi connectivity index (χ2n) is 6.48. The van der Waals surface area contributed by atoms with Gasteiger partial charge in [-0.1, -0.05) is 0 Å². The van der Waals surface area contributed by atoms with Crippen molar-refractivity contribution in [2.24, 2.45) is 17.3 Å². The molecule has 3 rings (SSSR count). The molecular formula is C20H16N2O7. The zero-order valence-corrected chi connectivity index (χ0v) is 15.5. The van der Waals surface area contributed by atoms with Crippen LogP contribution >= 0.6 is 0 Å². The lowest BCUT2D eigenvalue weighted by Crippen LogP contribution is -2.55. The highest BCUT2D eigenvalue weighted by Crippen LogP contribution is 2.58. The first-order valence-corrected chi connectivity index (χ1v) is 8.55. The van der Waals surface area contributed by atoms with Gasteiger partial charge in [-0.15, -0.1) is 0 Å². The molecule has 0 unspecified atom stereocenters. The van der Waals surface area contributed by atoms with E-state index in [9.17, 15) is 24.9 Å². The molecule has 0 aliphatic heterocycles. The van der Waals surface area contributed by atoms with Gasteiger partial charge in [0.05, 0.1) is 50.7 Å². The lowest BCUT2D eigenvalue weighted by Gasteiger charge is -2.44. The van der Waals surface area contributed by atoms with Gasteiger partial charge in [0.1, 0.15) is 23.4 Å². The van der Waals surface area contributed by atoms with Crippen LogP contribution in [0, 0.1) is 39.9 Å². The highest BCUT2D eigenvalue weighted by atomic mass is 16.5. The summed E-state index contributed by atoms with van der Waals surface area (Å²) < 4.78 is 20.3. The van der Waals surface area contributed by atoms with Gasteiger partial charge < -0.3 is 18.3 Å². The van der Waals surface area contributed by atoms with Crippen molar-refractivity contribution in [3.05, 3.63) is 48.3 Å². The third kappa shape index (κ3) is 2.88. The van der Waals surface area contributed by atoms with Gasteiger partial charge in [0.15, 0.2) is 11.2 Å². The average Bonchev–Trinajstić information content (AvgIpc) is 3.45. The summed E-state index contributed by atoms with van der Waals surface area (Å²) in [5.74, 6) is -8.59. The van der Waals surface area contributed by atoms with Crippen molar-refractivity contribution < 1.29 is 32.7 Å². The molecule has 148 valence electrons. The Morgan fingerprint density at radius 2 is 1.34 bits per heavy atom. The number of carbonyl (C=O) groups is 3. The van der Waals surface area contributed by atoms with Crippen LogP contribution in [0.2, 0.25) is 0 Å². The summed E-state index contributed by atoms with van der Waals surface area (Å²) in [6, 6.07) is 9.78. The summed E-state index contributed by atoms with van der Waals surface area (Å²) in [5, 5.41) is 20.3. The maximum absolute atomic E-state index is 13.4. The number of methoxy groups -OCH3 is 2. The van der Waals surface area contributed by atoms with Crippen molar-refractivity contribution in [1.29, 1.82) is 10.5 Å². The van der Waals surface area contributed by atoms with Gasteiger partial charge in [-0.25, -0.2) is 0 Å². The Kier molecular flexibility index (Phi) is 5.24. The molecule has 29 heavy (non-hydrogen) atoms. The number of Topliss-reactive ketones (excluding diaryl/α,β-unsaturated/α-hetero) is 1. The Balaban J connectivity index is 2.36. The van der Waals surface area contributed by atoms with Crippen molar-refractivity contribution in [3.8, 4) is 12.1 Å². The SMILES string of the molecule is COC(=O)[C@H]1C(=O)[C@H](C(=O)OC)[C@@H](c2ccco2)C(C#N)(C#N)[C@@H]1c1ccco1. The van der Waals surface area contributed by atoms with Gasteiger partial charge in [0.2, 0.25) is 0 Å². The number of nitrogens with zero attached hydrogens (tertiary/aromatic N) is 2. The molecule has 0 radical (unpaired) electrons. The molecule has 1 saturated carbocycles. The highest BCUT2D eigenvalue weighted by Gasteiger charge is 2.67. The zero-order valence-electron chi connectivity index (χ0n) is 15.5. The number of hydrogen-bond acceptors (Lipinski definition) is 9. The van der Waals surface area contributed by atoms with E-state index in [0.29, 0.717) is 0 Å². The number of esters is 2. The molecule has 0 spiro atoms. The number of carbonyl (C=O) groups excluding carboxylic acids is 3. The summed E-state index contributed by atoms with van der Waals surface area (Å²) in [6.45, 7) is 0. The van der Waals surface area contributed by atoms with Crippen LogP contribution < -0.4 is 0 Å². The van der Waals surface area contributed by atoms with E-state index in [1.165, 1.54) is 36.8 Å². The fourth-order valence-electron chi connectivity index (χ4n) is 4.02. The van der Waals surface area contributed by atoms with E-state index in [4.69, 9.17) is 18.3 Å². The Morgan fingerprint density at radius 1 is 0.931 bits per heavy atom. The molecule has 1 aliphatic carbocycles. The van der Waals surface area contributed by atoms with Crippen molar-refractivity contribution in [2.75, 3.05) is 14.2 Å². The molecule has 9 nitrogen and oxygen atoms in total. The van der Waals surface area contributed by atoms with Gasteiger partial charge in [0.25, 0.3) is 0 Å². The molecule has 9 heteroatoms. The number of nitriles is 2. The first-order chi connectivity index (χ1) is 14.0. The molecule has 4 atom stereocenters. The summed E-state index contributed by atoms with van der Waals surface area (Å²) in [4.78, 5) is 38.5. The first-order valence-electron chi connectivity index (χ1n) is 8.55. The molecule has 0 saturated heterocycles. The largest absolute Gasteiger partial charge is 0.469 e. The van der Waals surface area contributed by atoms with E-state index in [1.54, 1.807) is 0 Å². The van der Waals surface area contributed by atoms with Crippen LogP contribution in [0.3, 0.4) is 0 Å². The summed E-state index contributed by atoms with van der Waals surface area (Å²) in [6.07, 6.45) is 2.59. The number of rotatable bonds is 4. The maximum Gasteiger partial charge on any atom is 0.317 e. The van der Waals surface area contributed by atoms with Crippen molar-refractivity contribution in [3.63, 3.8) is 0 Å².